The lowest BCUT2D eigenvalue weighted by molar-refractivity contribution is -0.171. The van der Waals surface area contributed by atoms with Crippen LogP contribution in [0.1, 0.15) is 5.56 Å². The third kappa shape index (κ3) is 2.38. The van der Waals surface area contributed by atoms with Crippen molar-refractivity contribution in [1.82, 2.24) is 0 Å². The number of benzene rings is 1. The van der Waals surface area contributed by atoms with Gasteiger partial charge < -0.3 is 15.9 Å². The quantitative estimate of drug-likeness (QED) is 0.713. The van der Waals surface area contributed by atoms with Crippen molar-refractivity contribution in [2.45, 2.75) is 17.0 Å². The number of nitrogens with two attached hydrogens (primary N) is 1. The van der Waals surface area contributed by atoms with Crippen molar-refractivity contribution in [1.29, 1.82) is 0 Å². The minimum absolute atomic E-state index is 0.366. The van der Waals surface area contributed by atoms with Crippen molar-refractivity contribution in [3.05, 3.63) is 35.9 Å². The van der Waals surface area contributed by atoms with Crippen LogP contribution in [-0.4, -0.2) is 27.6 Å². The number of carbonyl (C=O) groups is 1. The summed E-state index contributed by atoms with van der Waals surface area (Å²) >= 11 is 4.79. The number of carboxylic acid groups (broad SMARTS) is 1. The maximum Gasteiger partial charge on any atom is 0.356 e. The zero-order valence-corrected chi connectivity index (χ0v) is 9.23. The summed E-state index contributed by atoms with van der Waals surface area (Å²) in [6.45, 7) is 0. The first kappa shape index (κ1) is 13.8. The molecule has 4 N–H and O–H groups in total. The number of hydrogen-bond donors (Lipinski definition) is 3. The second-order valence-electron chi connectivity index (χ2n) is 3.45. The van der Waals surface area contributed by atoms with E-state index in [2.05, 4.69) is 0 Å². The molecule has 0 aliphatic rings. The van der Waals surface area contributed by atoms with Gasteiger partial charge in [0.2, 0.25) is 0 Å². The van der Waals surface area contributed by atoms with Gasteiger partial charge >= 0.3 is 11.4 Å². The van der Waals surface area contributed by atoms with Gasteiger partial charge in [-0.25, -0.2) is 0 Å². The summed E-state index contributed by atoms with van der Waals surface area (Å²) in [7, 11) is 0. The predicted molar refractivity (Wildman–Crippen MR) is 56.8 cm³/mol. The lowest BCUT2D eigenvalue weighted by Crippen LogP contribution is -2.58. The largest absolute Gasteiger partial charge is 0.480 e. The van der Waals surface area contributed by atoms with Crippen LogP contribution >= 0.6 is 11.6 Å². The van der Waals surface area contributed by atoms with E-state index < -0.39 is 23.0 Å². The van der Waals surface area contributed by atoms with Crippen LogP contribution in [0.5, 0.6) is 0 Å². The Hall–Kier alpha value is -1.24. The van der Waals surface area contributed by atoms with E-state index in [1.165, 1.54) is 18.2 Å². The molecule has 0 heterocycles. The molecular formula is C10H10ClF2NO3. The fourth-order valence-corrected chi connectivity index (χ4v) is 1.62. The van der Waals surface area contributed by atoms with Crippen LogP contribution in [-0.2, 0) is 10.4 Å². The summed E-state index contributed by atoms with van der Waals surface area (Å²) in [5.41, 5.74) is 1.55. The molecule has 17 heavy (non-hydrogen) atoms. The Kier molecular flexibility index (Phi) is 3.71. The second-order valence-corrected chi connectivity index (χ2v) is 3.92. The molecule has 0 saturated carbocycles. The average Bonchev–Trinajstić information content (AvgIpc) is 2.26. The Balaban J connectivity index is 3.36. The van der Waals surface area contributed by atoms with Crippen LogP contribution in [0.3, 0.4) is 0 Å². The van der Waals surface area contributed by atoms with E-state index in [-0.39, 0.29) is 5.56 Å². The van der Waals surface area contributed by atoms with E-state index in [9.17, 15) is 18.7 Å². The summed E-state index contributed by atoms with van der Waals surface area (Å²) in [4.78, 5) is 10.7. The number of alkyl halides is 3. The summed E-state index contributed by atoms with van der Waals surface area (Å²) in [6.07, 6.45) is 0. The molecule has 0 amide bonds. The molecule has 0 saturated heterocycles. The molecule has 0 spiro atoms. The fraction of sp³-hybridized carbons (Fsp3) is 0.300. The van der Waals surface area contributed by atoms with Gasteiger partial charge in [-0.05, 0) is 17.2 Å². The molecule has 0 fully saturated rings. The molecule has 7 heteroatoms. The van der Waals surface area contributed by atoms with Crippen LogP contribution in [0.15, 0.2) is 30.3 Å². The molecule has 94 valence electrons. The van der Waals surface area contributed by atoms with Crippen molar-refractivity contribution in [2.75, 3.05) is 0 Å². The van der Waals surface area contributed by atoms with Crippen molar-refractivity contribution in [2.24, 2.45) is 5.73 Å². The van der Waals surface area contributed by atoms with Gasteiger partial charge in [-0.2, -0.15) is 8.78 Å². The smallest absolute Gasteiger partial charge is 0.356 e. The molecule has 0 unspecified atom stereocenters. The first-order valence-corrected chi connectivity index (χ1v) is 4.92. The molecule has 0 radical (unpaired) electrons. The highest BCUT2D eigenvalue weighted by Gasteiger charge is 2.59. The summed E-state index contributed by atoms with van der Waals surface area (Å²) in [6, 6.07) is 4.23. The van der Waals surface area contributed by atoms with Crippen molar-refractivity contribution >= 4 is 17.6 Å². The Morgan fingerprint density at radius 1 is 1.35 bits per heavy atom. The normalized spacial score (nSPS) is 17.2. The van der Waals surface area contributed by atoms with Crippen LogP contribution in [0.2, 0.25) is 0 Å². The molecule has 1 aromatic rings. The number of carboxylic acids is 1. The monoisotopic (exact) mass is 265 g/mol. The molecule has 0 aliphatic carbocycles. The minimum Gasteiger partial charge on any atom is -0.480 e. The van der Waals surface area contributed by atoms with E-state index in [0.29, 0.717) is 0 Å². The van der Waals surface area contributed by atoms with Gasteiger partial charge in [0.25, 0.3) is 0 Å². The number of aliphatic carboxylic acids is 1. The average molecular weight is 266 g/mol. The molecule has 4 nitrogen and oxygen atoms in total. The number of hydrogen-bond acceptors (Lipinski definition) is 3. The third-order valence-corrected chi connectivity index (χ3v) is 2.65. The van der Waals surface area contributed by atoms with Gasteiger partial charge in [0.15, 0.2) is 5.60 Å². The topological polar surface area (TPSA) is 83.6 Å². The Morgan fingerprint density at radius 2 is 1.82 bits per heavy atom. The second kappa shape index (κ2) is 4.56. The van der Waals surface area contributed by atoms with Gasteiger partial charge in [-0.15, -0.1) is 0 Å². The molecule has 2 atom stereocenters. The first-order valence-electron chi connectivity index (χ1n) is 4.54. The van der Waals surface area contributed by atoms with E-state index in [4.69, 9.17) is 22.4 Å². The maximum absolute atomic E-state index is 13.2. The van der Waals surface area contributed by atoms with Gasteiger partial charge in [-0.1, -0.05) is 30.3 Å². The summed E-state index contributed by atoms with van der Waals surface area (Å²) in [5.74, 6) is -1.78. The SMILES string of the molecule is N[C@@H](C(=O)O)[C@](O)(c1ccccc1)C(F)(F)Cl. The Morgan fingerprint density at radius 3 is 2.18 bits per heavy atom. The maximum atomic E-state index is 13.2. The van der Waals surface area contributed by atoms with E-state index in [1.54, 1.807) is 0 Å². The van der Waals surface area contributed by atoms with Crippen LogP contribution in [0.4, 0.5) is 8.78 Å². The van der Waals surface area contributed by atoms with Crippen molar-refractivity contribution in [3.8, 4) is 0 Å². The zero-order valence-electron chi connectivity index (χ0n) is 8.48. The molecule has 0 aromatic heterocycles. The van der Waals surface area contributed by atoms with Gasteiger partial charge in [-0.3, -0.25) is 4.79 Å². The molecule has 1 aromatic carbocycles. The van der Waals surface area contributed by atoms with Crippen LogP contribution in [0, 0.1) is 0 Å². The molecule has 0 bridgehead atoms. The predicted octanol–water partition coefficient (Wildman–Crippen LogP) is 1.12. The Labute approximate surface area is 101 Å². The molecular weight excluding hydrogens is 256 g/mol. The number of rotatable bonds is 4. The van der Waals surface area contributed by atoms with Gasteiger partial charge in [0.1, 0.15) is 6.04 Å². The van der Waals surface area contributed by atoms with Gasteiger partial charge in [0, 0.05) is 0 Å². The minimum atomic E-state index is -4.22. The van der Waals surface area contributed by atoms with Gasteiger partial charge in [0.05, 0.1) is 0 Å². The molecule has 0 aliphatic heterocycles. The van der Waals surface area contributed by atoms with E-state index in [0.717, 1.165) is 12.1 Å². The highest BCUT2D eigenvalue weighted by molar-refractivity contribution is 6.22. The summed E-state index contributed by atoms with van der Waals surface area (Å²) < 4.78 is 26.5. The fourth-order valence-electron chi connectivity index (χ4n) is 1.39. The number of halogens is 3. The highest BCUT2D eigenvalue weighted by atomic mass is 35.5. The highest BCUT2D eigenvalue weighted by Crippen LogP contribution is 2.42. The van der Waals surface area contributed by atoms with Crippen LogP contribution in [0.25, 0.3) is 0 Å². The zero-order chi connectivity index (χ0) is 13.3. The van der Waals surface area contributed by atoms with Crippen LogP contribution < -0.4 is 5.73 Å². The third-order valence-electron chi connectivity index (χ3n) is 2.36. The van der Waals surface area contributed by atoms with E-state index >= 15 is 0 Å². The Bertz CT molecular complexity index is 410. The standard InChI is InChI=1S/C10H10ClF2NO3/c11-10(12,13)9(17,7(14)8(15)16)6-4-2-1-3-5-6/h1-5,7,17H,14H2,(H,15,16)/t7-,9+/m0/s1. The molecule has 1 rings (SSSR count). The van der Waals surface area contributed by atoms with E-state index in [1.807, 2.05) is 0 Å². The lowest BCUT2D eigenvalue weighted by Gasteiger charge is -2.35. The first-order chi connectivity index (χ1) is 7.71. The van der Waals surface area contributed by atoms with Crippen molar-refractivity contribution in [3.63, 3.8) is 0 Å². The number of aliphatic hydroxyl groups is 1. The summed E-state index contributed by atoms with van der Waals surface area (Å²) in [5, 5.41) is 14.3. The lowest BCUT2D eigenvalue weighted by atomic mass is 9.86. The van der Waals surface area contributed by atoms with Crippen molar-refractivity contribution < 1.29 is 23.8 Å².